The highest BCUT2D eigenvalue weighted by Crippen LogP contribution is 2.45. The molecule has 0 aromatic heterocycles. The standard InChI is InChI=1S/C23H29ClN2O/c24-20-8-6-16(7-9-20)12-22(27)26-11-3-4-17-13-18-14-19(23(17)26)15-25-10-2-1-5-21(18)25/h6-9,13,18-19,21,23H,1-5,10-12,14-15H2/t18-,19-,21-,23+/m0/s1. The van der Waals surface area contributed by atoms with Crippen LogP contribution in [0.15, 0.2) is 35.9 Å². The van der Waals surface area contributed by atoms with Gasteiger partial charge in [0.2, 0.25) is 5.91 Å². The average Bonchev–Trinajstić information content (AvgIpc) is 2.69. The quantitative estimate of drug-likeness (QED) is 0.709. The van der Waals surface area contributed by atoms with E-state index in [9.17, 15) is 4.79 Å². The third kappa shape index (κ3) is 3.34. The molecule has 4 heteroatoms. The first kappa shape index (κ1) is 17.8. The molecule has 2 bridgehead atoms. The molecule has 1 aliphatic carbocycles. The molecule has 4 atom stereocenters. The second kappa shape index (κ2) is 7.25. The number of fused-ring (bicyclic) bond motifs is 6. The topological polar surface area (TPSA) is 23.6 Å². The van der Waals surface area contributed by atoms with Gasteiger partial charge in [-0.1, -0.05) is 41.8 Å². The van der Waals surface area contributed by atoms with Crippen molar-refractivity contribution in [1.29, 1.82) is 0 Å². The first-order chi connectivity index (χ1) is 13.2. The van der Waals surface area contributed by atoms with Crippen LogP contribution in [0.4, 0.5) is 0 Å². The lowest BCUT2D eigenvalue weighted by molar-refractivity contribution is -0.135. The van der Waals surface area contributed by atoms with Crippen LogP contribution in [0.25, 0.3) is 0 Å². The zero-order chi connectivity index (χ0) is 18.4. The SMILES string of the molecule is O=C(Cc1ccc(Cl)cc1)N1CCCC2=C[C@H]3C[C@@H](CN4CCCC[C@@H]34)[C@@H]21. The van der Waals surface area contributed by atoms with Crippen LogP contribution >= 0.6 is 11.6 Å². The molecule has 3 fully saturated rings. The Balaban J connectivity index is 1.38. The van der Waals surface area contributed by atoms with Gasteiger partial charge in [-0.2, -0.15) is 0 Å². The molecular weight excluding hydrogens is 356 g/mol. The fraction of sp³-hybridized carbons (Fsp3) is 0.609. The Morgan fingerprint density at radius 2 is 1.96 bits per heavy atom. The molecule has 0 N–H and O–H groups in total. The molecule has 0 unspecified atom stereocenters. The Labute approximate surface area is 167 Å². The number of benzene rings is 1. The summed E-state index contributed by atoms with van der Waals surface area (Å²) in [4.78, 5) is 18.2. The van der Waals surface area contributed by atoms with Crippen molar-refractivity contribution in [3.8, 4) is 0 Å². The van der Waals surface area contributed by atoms with Gasteiger partial charge in [-0.15, -0.1) is 0 Å². The first-order valence-corrected chi connectivity index (χ1v) is 11.1. The van der Waals surface area contributed by atoms with Crippen molar-refractivity contribution < 1.29 is 4.79 Å². The number of nitrogens with zero attached hydrogens (tertiary/aromatic N) is 2. The van der Waals surface area contributed by atoms with E-state index in [1.807, 2.05) is 24.3 Å². The minimum atomic E-state index is 0.284. The van der Waals surface area contributed by atoms with Crippen LogP contribution in [-0.4, -0.2) is 47.4 Å². The summed E-state index contributed by atoms with van der Waals surface area (Å²) in [5, 5.41) is 0.728. The molecule has 3 nitrogen and oxygen atoms in total. The van der Waals surface area contributed by atoms with E-state index in [0.29, 0.717) is 18.4 Å². The highest BCUT2D eigenvalue weighted by atomic mass is 35.5. The number of hydrogen-bond donors (Lipinski definition) is 0. The number of hydrogen-bond acceptors (Lipinski definition) is 2. The van der Waals surface area contributed by atoms with Crippen LogP contribution in [0, 0.1) is 11.8 Å². The zero-order valence-electron chi connectivity index (χ0n) is 15.9. The Bertz CT molecular complexity index is 743. The van der Waals surface area contributed by atoms with E-state index in [2.05, 4.69) is 15.9 Å². The van der Waals surface area contributed by atoms with E-state index in [4.69, 9.17) is 11.6 Å². The number of rotatable bonds is 2. The molecular formula is C23H29ClN2O. The molecule has 1 aromatic carbocycles. The molecule has 3 heterocycles. The zero-order valence-corrected chi connectivity index (χ0v) is 16.7. The summed E-state index contributed by atoms with van der Waals surface area (Å²) in [7, 11) is 0. The molecule has 0 spiro atoms. The van der Waals surface area contributed by atoms with E-state index < -0.39 is 0 Å². The van der Waals surface area contributed by atoms with Gasteiger partial charge in [0.15, 0.2) is 0 Å². The van der Waals surface area contributed by atoms with E-state index in [-0.39, 0.29) is 5.91 Å². The third-order valence-electron chi connectivity index (χ3n) is 7.25. The second-order valence-electron chi connectivity index (χ2n) is 8.90. The van der Waals surface area contributed by atoms with Gasteiger partial charge in [-0.3, -0.25) is 9.69 Å². The smallest absolute Gasteiger partial charge is 0.227 e. The van der Waals surface area contributed by atoms with Gasteiger partial charge in [0, 0.05) is 24.2 Å². The third-order valence-corrected chi connectivity index (χ3v) is 7.50. The normalized spacial score (nSPS) is 33.1. The predicted octanol–water partition coefficient (Wildman–Crippen LogP) is 4.30. The van der Waals surface area contributed by atoms with Crippen LogP contribution in [-0.2, 0) is 11.2 Å². The van der Waals surface area contributed by atoms with Gasteiger partial charge in [-0.25, -0.2) is 0 Å². The maximum atomic E-state index is 13.2. The number of halogens is 1. The Morgan fingerprint density at radius 3 is 2.81 bits per heavy atom. The fourth-order valence-corrected chi connectivity index (χ4v) is 6.26. The van der Waals surface area contributed by atoms with Crippen LogP contribution in [0.3, 0.4) is 0 Å². The lowest BCUT2D eigenvalue weighted by Gasteiger charge is -2.54. The van der Waals surface area contributed by atoms with Crippen molar-refractivity contribution in [1.82, 2.24) is 9.80 Å². The molecule has 0 radical (unpaired) electrons. The summed E-state index contributed by atoms with van der Waals surface area (Å²) >= 11 is 5.99. The van der Waals surface area contributed by atoms with E-state index >= 15 is 0 Å². The summed E-state index contributed by atoms with van der Waals surface area (Å²) in [6.45, 7) is 3.36. The van der Waals surface area contributed by atoms with Crippen LogP contribution in [0.2, 0.25) is 5.02 Å². The van der Waals surface area contributed by atoms with Gasteiger partial charge in [0.05, 0.1) is 12.5 Å². The van der Waals surface area contributed by atoms with Crippen LogP contribution in [0.1, 0.15) is 44.1 Å². The Kier molecular flexibility index (Phi) is 4.77. The molecule has 144 valence electrons. The highest BCUT2D eigenvalue weighted by Gasteiger charge is 2.46. The lowest BCUT2D eigenvalue weighted by Crippen LogP contribution is -2.60. The number of likely N-dealkylation sites (tertiary alicyclic amines) is 1. The van der Waals surface area contributed by atoms with Crippen molar-refractivity contribution in [2.75, 3.05) is 19.6 Å². The first-order valence-electron chi connectivity index (χ1n) is 10.7. The van der Waals surface area contributed by atoms with Crippen LogP contribution < -0.4 is 0 Å². The van der Waals surface area contributed by atoms with Gasteiger partial charge >= 0.3 is 0 Å². The minimum Gasteiger partial charge on any atom is -0.335 e. The minimum absolute atomic E-state index is 0.284. The molecule has 0 saturated carbocycles. The summed E-state index contributed by atoms with van der Waals surface area (Å²) in [5.74, 6) is 1.63. The fourth-order valence-electron chi connectivity index (χ4n) is 6.13. The number of amides is 1. The number of carbonyl (C=O) groups excluding carboxylic acids is 1. The van der Waals surface area contributed by atoms with E-state index in [1.54, 1.807) is 5.57 Å². The number of carbonyl (C=O) groups is 1. The molecule has 1 amide bonds. The van der Waals surface area contributed by atoms with Crippen molar-refractivity contribution in [2.45, 2.75) is 57.0 Å². The van der Waals surface area contributed by atoms with Gasteiger partial charge in [0.1, 0.15) is 0 Å². The maximum absolute atomic E-state index is 13.2. The number of piperidine rings is 3. The highest BCUT2D eigenvalue weighted by molar-refractivity contribution is 6.30. The molecule has 4 aliphatic rings. The van der Waals surface area contributed by atoms with Crippen molar-refractivity contribution in [2.24, 2.45) is 11.8 Å². The monoisotopic (exact) mass is 384 g/mol. The summed E-state index contributed by atoms with van der Waals surface area (Å²) in [6, 6.07) is 8.85. The average molecular weight is 385 g/mol. The van der Waals surface area contributed by atoms with Crippen molar-refractivity contribution >= 4 is 17.5 Å². The van der Waals surface area contributed by atoms with Crippen molar-refractivity contribution in [3.63, 3.8) is 0 Å². The molecule has 3 saturated heterocycles. The Hall–Kier alpha value is -1.32. The molecule has 3 aliphatic heterocycles. The van der Waals surface area contributed by atoms with Crippen molar-refractivity contribution in [3.05, 3.63) is 46.5 Å². The van der Waals surface area contributed by atoms with Gasteiger partial charge in [-0.05, 0) is 68.2 Å². The summed E-state index contributed by atoms with van der Waals surface area (Å²) in [6.07, 6.45) is 10.8. The molecule has 1 aromatic rings. The molecule has 27 heavy (non-hydrogen) atoms. The van der Waals surface area contributed by atoms with Gasteiger partial charge < -0.3 is 4.90 Å². The summed E-state index contributed by atoms with van der Waals surface area (Å²) < 4.78 is 0. The van der Waals surface area contributed by atoms with Crippen LogP contribution in [0.5, 0.6) is 0 Å². The lowest BCUT2D eigenvalue weighted by atomic mass is 9.68. The largest absolute Gasteiger partial charge is 0.335 e. The molecule has 5 rings (SSSR count). The van der Waals surface area contributed by atoms with Gasteiger partial charge in [0.25, 0.3) is 0 Å². The van der Waals surface area contributed by atoms with E-state index in [0.717, 1.165) is 35.5 Å². The van der Waals surface area contributed by atoms with E-state index in [1.165, 1.54) is 45.2 Å². The second-order valence-corrected chi connectivity index (χ2v) is 9.33. The maximum Gasteiger partial charge on any atom is 0.227 e. The predicted molar refractivity (Wildman–Crippen MR) is 109 cm³/mol. The Morgan fingerprint density at radius 1 is 1.11 bits per heavy atom. The summed E-state index contributed by atoms with van der Waals surface area (Å²) in [5.41, 5.74) is 2.63.